The van der Waals surface area contributed by atoms with E-state index in [9.17, 15) is 19.2 Å². The fraction of sp³-hybridized carbons (Fsp3) is 0.714. The van der Waals surface area contributed by atoms with Crippen LogP contribution in [0.15, 0.2) is 24.3 Å². The first kappa shape index (κ1) is 27.9. The first-order valence-electron chi connectivity index (χ1n) is 13.3. The van der Waals surface area contributed by atoms with E-state index in [0.717, 1.165) is 24.7 Å². The third kappa shape index (κ3) is 6.98. The Morgan fingerprint density at radius 1 is 0.861 bits per heavy atom. The fourth-order valence-corrected chi connectivity index (χ4v) is 6.89. The number of hydrogen-bond donors (Lipinski definition) is 2. The number of carbonyl (C=O) groups is 4. The largest absolute Gasteiger partial charge is 0.462 e. The van der Waals surface area contributed by atoms with Gasteiger partial charge >= 0.3 is 11.9 Å². The van der Waals surface area contributed by atoms with E-state index in [1.54, 1.807) is 13.8 Å². The van der Waals surface area contributed by atoms with Gasteiger partial charge in [0.05, 0.1) is 12.8 Å². The Morgan fingerprint density at radius 2 is 1.44 bits per heavy atom. The Kier molecular flexibility index (Phi) is 9.74. The van der Waals surface area contributed by atoms with E-state index in [2.05, 4.69) is 23.8 Å². The molecule has 0 spiro atoms. The molecular weight excluding hydrogens is 460 g/mol. The molecule has 3 rings (SSSR count). The molecule has 0 aromatic heterocycles. The standard InChI is InChI=1S/C28H42N2O6/c1-18(2)26(33)35-15-9-23(31)29-13-8-20-5-6-22-25(20)21-7-11-28(22,17-21)12-14-30-24(32)10-16-36-27(34)19(3)4/h20-22,25H,1,3,5-17H2,2,4H3,(H,29,31)(H,30,32). The Hall–Kier alpha value is -2.64. The highest BCUT2D eigenvalue weighted by Gasteiger charge is 2.60. The van der Waals surface area contributed by atoms with Crippen molar-refractivity contribution < 1.29 is 28.7 Å². The molecule has 3 saturated carbocycles. The van der Waals surface area contributed by atoms with E-state index < -0.39 is 11.9 Å². The highest BCUT2D eigenvalue weighted by Crippen LogP contribution is 2.68. The maximum absolute atomic E-state index is 12.2. The van der Waals surface area contributed by atoms with Gasteiger partial charge in [-0.05, 0) is 87.9 Å². The topological polar surface area (TPSA) is 111 Å². The van der Waals surface area contributed by atoms with Gasteiger partial charge < -0.3 is 20.1 Å². The second kappa shape index (κ2) is 12.5. The molecule has 0 aromatic rings. The molecule has 0 heterocycles. The molecule has 0 radical (unpaired) electrons. The molecule has 2 amide bonds. The molecule has 5 atom stereocenters. The lowest BCUT2D eigenvalue weighted by atomic mass is 9.68. The molecule has 3 fully saturated rings. The summed E-state index contributed by atoms with van der Waals surface area (Å²) in [5.41, 5.74) is 0.999. The van der Waals surface area contributed by atoms with Crippen molar-refractivity contribution in [3.8, 4) is 0 Å². The van der Waals surface area contributed by atoms with Gasteiger partial charge in [0, 0.05) is 24.2 Å². The molecule has 36 heavy (non-hydrogen) atoms. The van der Waals surface area contributed by atoms with Crippen LogP contribution in [0, 0.1) is 29.1 Å². The summed E-state index contributed by atoms with van der Waals surface area (Å²) in [5, 5.41) is 6.01. The third-order valence-electron chi connectivity index (χ3n) is 8.47. The normalized spacial score (nSPS) is 27.7. The van der Waals surface area contributed by atoms with Crippen LogP contribution in [0.3, 0.4) is 0 Å². The van der Waals surface area contributed by atoms with E-state index in [0.29, 0.717) is 41.5 Å². The highest BCUT2D eigenvalue weighted by atomic mass is 16.5. The Labute approximate surface area is 214 Å². The molecular formula is C28H42N2O6. The van der Waals surface area contributed by atoms with Gasteiger partial charge in [0.2, 0.25) is 11.8 Å². The molecule has 2 bridgehead atoms. The van der Waals surface area contributed by atoms with Crippen LogP contribution < -0.4 is 10.6 Å². The first-order valence-corrected chi connectivity index (χ1v) is 13.3. The number of ether oxygens (including phenoxy) is 2. The lowest BCUT2D eigenvalue weighted by Crippen LogP contribution is -2.35. The van der Waals surface area contributed by atoms with Gasteiger partial charge in [-0.1, -0.05) is 13.2 Å². The van der Waals surface area contributed by atoms with Crippen molar-refractivity contribution in [2.45, 2.75) is 71.6 Å². The molecule has 0 aliphatic heterocycles. The van der Waals surface area contributed by atoms with Crippen LogP contribution in [-0.2, 0) is 28.7 Å². The van der Waals surface area contributed by atoms with Crippen molar-refractivity contribution in [3.63, 3.8) is 0 Å². The van der Waals surface area contributed by atoms with Gasteiger partial charge in [0.1, 0.15) is 13.2 Å². The smallest absolute Gasteiger partial charge is 0.333 e. The summed E-state index contributed by atoms with van der Waals surface area (Å²) in [5.74, 6) is 1.74. The van der Waals surface area contributed by atoms with Crippen LogP contribution in [0.4, 0.5) is 0 Å². The van der Waals surface area contributed by atoms with Gasteiger partial charge in [-0.25, -0.2) is 9.59 Å². The van der Waals surface area contributed by atoms with Gasteiger partial charge in [-0.2, -0.15) is 0 Å². The molecule has 3 aliphatic carbocycles. The monoisotopic (exact) mass is 502 g/mol. The second-order valence-electron chi connectivity index (χ2n) is 11.0. The molecule has 200 valence electrons. The minimum atomic E-state index is -0.464. The summed E-state index contributed by atoms with van der Waals surface area (Å²) in [6.45, 7) is 11.7. The van der Waals surface area contributed by atoms with Crippen LogP contribution in [0.25, 0.3) is 0 Å². The van der Waals surface area contributed by atoms with Gasteiger partial charge in [0.15, 0.2) is 0 Å². The van der Waals surface area contributed by atoms with Crippen LogP contribution in [0.5, 0.6) is 0 Å². The zero-order chi connectivity index (χ0) is 26.3. The predicted octanol–water partition coefficient (Wildman–Crippen LogP) is 3.46. The Balaban J connectivity index is 1.35. The van der Waals surface area contributed by atoms with Crippen molar-refractivity contribution in [3.05, 3.63) is 24.3 Å². The van der Waals surface area contributed by atoms with Gasteiger partial charge in [0.25, 0.3) is 0 Å². The number of carbonyl (C=O) groups excluding carboxylic acids is 4. The summed E-state index contributed by atoms with van der Waals surface area (Å²) in [6, 6.07) is 0. The van der Waals surface area contributed by atoms with E-state index in [-0.39, 0.29) is 37.9 Å². The number of nitrogens with one attached hydrogen (secondary N) is 2. The quantitative estimate of drug-likeness (QED) is 0.278. The summed E-state index contributed by atoms with van der Waals surface area (Å²) < 4.78 is 10.00. The number of hydrogen-bond acceptors (Lipinski definition) is 6. The van der Waals surface area contributed by atoms with Crippen molar-refractivity contribution in [2.24, 2.45) is 29.1 Å². The number of amides is 2. The average Bonchev–Trinajstić information content (AvgIpc) is 3.51. The van der Waals surface area contributed by atoms with Crippen LogP contribution in [0.1, 0.15) is 71.6 Å². The lowest BCUT2D eigenvalue weighted by Gasteiger charge is -2.37. The third-order valence-corrected chi connectivity index (χ3v) is 8.47. The molecule has 3 aliphatic rings. The predicted molar refractivity (Wildman–Crippen MR) is 136 cm³/mol. The molecule has 8 heteroatoms. The zero-order valence-electron chi connectivity index (χ0n) is 21.9. The molecule has 2 N–H and O–H groups in total. The number of esters is 2. The lowest BCUT2D eigenvalue weighted by molar-refractivity contribution is -0.141. The summed E-state index contributed by atoms with van der Waals surface area (Å²) in [6.07, 6.45) is 8.56. The average molecular weight is 503 g/mol. The minimum Gasteiger partial charge on any atom is -0.462 e. The first-order chi connectivity index (χ1) is 17.1. The summed E-state index contributed by atoms with van der Waals surface area (Å²) in [7, 11) is 0. The van der Waals surface area contributed by atoms with E-state index in [1.165, 1.54) is 32.1 Å². The minimum absolute atomic E-state index is 0.0758. The van der Waals surface area contributed by atoms with Crippen LogP contribution in [-0.4, -0.2) is 50.1 Å². The molecule has 5 unspecified atom stereocenters. The van der Waals surface area contributed by atoms with Crippen molar-refractivity contribution >= 4 is 23.8 Å². The SMILES string of the molecule is C=C(C)C(=O)OCCC(=O)NCCC1CCC2C1C1CCC2(CCNC(=O)CCOC(=O)C(=C)C)C1. The highest BCUT2D eigenvalue weighted by molar-refractivity contribution is 5.87. The maximum Gasteiger partial charge on any atom is 0.333 e. The Bertz CT molecular complexity index is 883. The van der Waals surface area contributed by atoms with E-state index in [4.69, 9.17) is 9.47 Å². The molecule has 8 nitrogen and oxygen atoms in total. The number of fused-ring (bicyclic) bond motifs is 5. The zero-order valence-corrected chi connectivity index (χ0v) is 21.9. The second-order valence-corrected chi connectivity index (χ2v) is 11.0. The van der Waals surface area contributed by atoms with Crippen LogP contribution in [0.2, 0.25) is 0 Å². The van der Waals surface area contributed by atoms with Crippen LogP contribution >= 0.6 is 0 Å². The molecule has 0 saturated heterocycles. The maximum atomic E-state index is 12.2. The van der Waals surface area contributed by atoms with E-state index >= 15 is 0 Å². The summed E-state index contributed by atoms with van der Waals surface area (Å²) >= 11 is 0. The van der Waals surface area contributed by atoms with Gasteiger partial charge in [-0.3, -0.25) is 9.59 Å². The summed E-state index contributed by atoms with van der Waals surface area (Å²) in [4.78, 5) is 47.1. The number of rotatable bonds is 14. The van der Waals surface area contributed by atoms with E-state index in [1.807, 2.05) is 0 Å². The van der Waals surface area contributed by atoms with Crippen molar-refractivity contribution in [1.82, 2.24) is 10.6 Å². The fourth-order valence-electron chi connectivity index (χ4n) is 6.89. The van der Waals surface area contributed by atoms with Crippen molar-refractivity contribution in [1.29, 1.82) is 0 Å². The molecule has 0 aromatic carbocycles. The van der Waals surface area contributed by atoms with Crippen molar-refractivity contribution in [2.75, 3.05) is 26.3 Å². The van der Waals surface area contributed by atoms with Gasteiger partial charge in [-0.15, -0.1) is 0 Å². The Morgan fingerprint density at radius 3 is 2.03 bits per heavy atom.